The van der Waals surface area contributed by atoms with Gasteiger partial charge in [0, 0.05) is 24.9 Å². The molecular weight excluding hydrogens is 396 g/mol. The Morgan fingerprint density at radius 1 is 1.24 bits per heavy atom. The van der Waals surface area contributed by atoms with Gasteiger partial charge in [0.1, 0.15) is 5.75 Å². The summed E-state index contributed by atoms with van der Waals surface area (Å²) in [4.78, 5) is 4.10. The van der Waals surface area contributed by atoms with Crippen LogP contribution < -0.4 is 10.5 Å². The summed E-state index contributed by atoms with van der Waals surface area (Å²) < 4.78 is 7.77. The van der Waals surface area contributed by atoms with Gasteiger partial charge in [-0.2, -0.15) is 0 Å². The van der Waals surface area contributed by atoms with E-state index in [1.54, 1.807) is 6.20 Å². The van der Waals surface area contributed by atoms with Gasteiger partial charge in [0.15, 0.2) is 0 Å². The second-order valence-corrected chi connectivity index (χ2v) is 6.74. The minimum atomic E-state index is 0.140. The number of hydrogen-bond donors (Lipinski definition) is 1. The Kier molecular flexibility index (Phi) is 6.21. The Labute approximate surface area is 142 Å². The molecule has 0 saturated carbocycles. The number of hydrogen-bond acceptors (Lipinski definition) is 3. The average Bonchev–Trinajstić information content (AvgIpc) is 2.42. The Balaban J connectivity index is 2.00. The van der Waals surface area contributed by atoms with Gasteiger partial charge in [-0.05, 0) is 74.5 Å². The van der Waals surface area contributed by atoms with E-state index in [2.05, 4.69) is 49.0 Å². The zero-order valence-electron chi connectivity index (χ0n) is 11.9. The van der Waals surface area contributed by atoms with Crippen LogP contribution >= 0.6 is 31.9 Å². The number of nitrogens with zero attached hydrogens (tertiary/aromatic N) is 1. The molecule has 1 aromatic heterocycles. The summed E-state index contributed by atoms with van der Waals surface area (Å²) in [5.74, 6) is 0.826. The molecule has 1 heterocycles. The van der Waals surface area contributed by atoms with Crippen LogP contribution in [0, 0.1) is 0 Å². The molecule has 0 bridgehead atoms. The molecule has 1 unspecified atom stereocenters. The van der Waals surface area contributed by atoms with Crippen molar-refractivity contribution in [2.45, 2.75) is 25.8 Å². The fraction of sp³-hybridized carbons (Fsp3) is 0.312. The van der Waals surface area contributed by atoms with Gasteiger partial charge in [0.25, 0.3) is 0 Å². The third kappa shape index (κ3) is 5.09. The second-order valence-electron chi connectivity index (χ2n) is 5.03. The van der Waals surface area contributed by atoms with E-state index in [-0.39, 0.29) is 6.04 Å². The van der Waals surface area contributed by atoms with Crippen molar-refractivity contribution in [2.24, 2.45) is 5.73 Å². The maximum Gasteiger partial charge on any atom is 0.147 e. The first-order chi connectivity index (χ1) is 10.1. The summed E-state index contributed by atoms with van der Waals surface area (Å²) in [6.45, 7) is 2.61. The molecule has 1 aromatic carbocycles. The van der Waals surface area contributed by atoms with Gasteiger partial charge in [0.2, 0.25) is 0 Å². The van der Waals surface area contributed by atoms with Crippen LogP contribution in [0.3, 0.4) is 0 Å². The largest absolute Gasteiger partial charge is 0.491 e. The van der Waals surface area contributed by atoms with E-state index < -0.39 is 0 Å². The monoisotopic (exact) mass is 412 g/mol. The molecule has 1 atom stereocenters. The summed E-state index contributed by atoms with van der Waals surface area (Å²) in [7, 11) is 0. The number of ether oxygens (including phenoxy) is 1. The SMILES string of the molecule is CC(N)Cc1cc(Br)c(OCCc2cccnc2)c(Br)c1. The third-order valence-corrected chi connectivity index (χ3v) is 4.15. The van der Waals surface area contributed by atoms with E-state index in [1.807, 2.05) is 25.3 Å². The van der Waals surface area contributed by atoms with Crippen molar-refractivity contribution in [2.75, 3.05) is 6.61 Å². The maximum atomic E-state index is 5.88. The van der Waals surface area contributed by atoms with Crippen molar-refractivity contribution in [3.8, 4) is 5.75 Å². The van der Waals surface area contributed by atoms with E-state index in [1.165, 1.54) is 11.1 Å². The summed E-state index contributed by atoms with van der Waals surface area (Å²) >= 11 is 7.13. The number of nitrogens with two attached hydrogens (primary N) is 1. The third-order valence-electron chi connectivity index (χ3n) is 2.98. The lowest BCUT2D eigenvalue weighted by Crippen LogP contribution is -2.17. The van der Waals surface area contributed by atoms with Crippen LogP contribution in [0.15, 0.2) is 45.6 Å². The maximum absolute atomic E-state index is 5.88. The van der Waals surface area contributed by atoms with Crippen molar-refractivity contribution in [3.63, 3.8) is 0 Å². The van der Waals surface area contributed by atoms with Gasteiger partial charge in [-0.3, -0.25) is 4.98 Å². The summed E-state index contributed by atoms with van der Waals surface area (Å²) in [6.07, 6.45) is 5.30. The zero-order valence-corrected chi connectivity index (χ0v) is 15.0. The normalized spacial score (nSPS) is 12.2. The predicted molar refractivity (Wildman–Crippen MR) is 92.6 cm³/mol. The van der Waals surface area contributed by atoms with E-state index >= 15 is 0 Å². The molecule has 21 heavy (non-hydrogen) atoms. The molecule has 3 nitrogen and oxygen atoms in total. The highest BCUT2D eigenvalue weighted by Gasteiger charge is 2.10. The van der Waals surface area contributed by atoms with Crippen LogP contribution in [0.4, 0.5) is 0 Å². The van der Waals surface area contributed by atoms with Crippen LogP contribution in [0.5, 0.6) is 5.75 Å². The Bertz CT molecular complexity index is 565. The van der Waals surface area contributed by atoms with Crippen molar-refractivity contribution >= 4 is 31.9 Å². The van der Waals surface area contributed by atoms with Gasteiger partial charge in [-0.15, -0.1) is 0 Å². The summed E-state index contributed by atoms with van der Waals surface area (Å²) in [5.41, 5.74) is 8.19. The average molecular weight is 414 g/mol. The molecule has 112 valence electrons. The molecule has 0 saturated heterocycles. The van der Waals surface area contributed by atoms with Crippen LogP contribution in [0.2, 0.25) is 0 Å². The molecule has 0 aliphatic carbocycles. The van der Waals surface area contributed by atoms with Crippen molar-refractivity contribution < 1.29 is 4.74 Å². The Morgan fingerprint density at radius 3 is 2.52 bits per heavy atom. The molecular formula is C16H18Br2N2O. The van der Waals surface area contributed by atoms with Crippen molar-refractivity contribution in [3.05, 3.63) is 56.7 Å². The van der Waals surface area contributed by atoms with Crippen LogP contribution in [-0.2, 0) is 12.8 Å². The predicted octanol–water partition coefficient (Wildman–Crippen LogP) is 4.12. The fourth-order valence-electron chi connectivity index (χ4n) is 2.06. The number of benzene rings is 1. The number of rotatable bonds is 6. The van der Waals surface area contributed by atoms with E-state index in [9.17, 15) is 0 Å². The summed E-state index contributed by atoms with van der Waals surface area (Å²) in [5, 5.41) is 0. The molecule has 0 aliphatic heterocycles. The quantitative estimate of drug-likeness (QED) is 0.774. The van der Waals surface area contributed by atoms with Gasteiger partial charge >= 0.3 is 0 Å². The molecule has 2 N–H and O–H groups in total. The topological polar surface area (TPSA) is 48.1 Å². The zero-order chi connectivity index (χ0) is 15.2. The minimum absolute atomic E-state index is 0.140. The highest BCUT2D eigenvalue weighted by Crippen LogP contribution is 2.35. The minimum Gasteiger partial charge on any atom is -0.491 e. The first-order valence-corrected chi connectivity index (χ1v) is 8.40. The Hall–Kier alpha value is -0.910. The highest BCUT2D eigenvalue weighted by molar-refractivity contribution is 9.11. The van der Waals surface area contributed by atoms with Crippen molar-refractivity contribution in [1.29, 1.82) is 0 Å². The molecule has 0 spiro atoms. The van der Waals surface area contributed by atoms with Crippen LogP contribution in [0.1, 0.15) is 18.1 Å². The van der Waals surface area contributed by atoms with Gasteiger partial charge in [0.05, 0.1) is 15.6 Å². The molecule has 0 fully saturated rings. The number of aromatic nitrogens is 1. The van der Waals surface area contributed by atoms with Gasteiger partial charge in [-0.25, -0.2) is 0 Å². The molecule has 0 radical (unpaired) electrons. The summed E-state index contributed by atoms with van der Waals surface area (Å²) in [6, 6.07) is 8.25. The van der Waals surface area contributed by atoms with Gasteiger partial charge in [-0.1, -0.05) is 6.07 Å². The first-order valence-electron chi connectivity index (χ1n) is 6.81. The number of halogens is 2. The Morgan fingerprint density at radius 2 is 1.95 bits per heavy atom. The molecule has 2 aromatic rings. The molecule has 2 rings (SSSR count). The number of pyridine rings is 1. The molecule has 5 heteroatoms. The van der Waals surface area contributed by atoms with Gasteiger partial charge < -0.3 is 10.5 Å². The molecule has 0 amide bonds. The lowest BCUT2D eigenvalue weighted by atomic mass is 10.1. The second kappa shape index (κ2) is 7.92. The van der Waals surface area contributed by atoms with E-state index in [4.69, 9.17) is 10.5 Å². The highest BCUT2D eigenvalue weighted by atomic mass is 79.9. The fourth-order valence-corrected chi connectivity index (χ4v) is 3.57. The lowest BCUT2D eigenvalue weighted by Gasteiger charge is -2.13. The first kappa shape index (κ1) is 16.5. The van der Waals surface area contributed by atoms with E-state index in [0.717, 1.165) is 27.5 Å². The smallest absolute Gasteiger partial charge is 0.147 e. The van der Waals surface area contributed by atoms with E-state index in [0.29, 0.717) is 6.61 Å². The van der Waals surface area contributed by atoms with Crippen LogP contribution in [-0.4, -0.2) is 17.6 Å². The standard InChI is InChI=1S/C16H18Br2N2O/c1-11(19)7-13-8-14(17)16(15(18)9-13)21-6-4-12-3-2-5-20-10-12/h2-3,5,8-11H,4,6-7,19H2,1H3. The van der Waals surface area contributed by atoms with Crippen LogP contribution in [0.25, 0.3) is 0 Å². The van der Waals surface area contributed by atoms with Crippen molar-refractivity contribution in [1.82, 2.24) is 4.98 Å². The molecule has 0 aliphatic rings. The lowest BCUT2D eigenvalue weighted by molar-refractivity contribution is 0.317.